The second kappa shape index (κ2) is 14.1. The van der Waals surface area contributed by atoms with Crippen LogP contribution in [0.4, 0.5) is 0 Å². The first-order chi connectivity index (χ1) is 10.2. The molecule has 0 fully saturated rings. The molecule has 0 saturated heterocycles. The van der Waals surface area contributed by atoms with Gasteiger partial charge in [-0.3, -0.25) is 15.0 Å². The quantitative estimate of drug-likeness (QED) is 0.161. The van der Waals surface area contributed by atoms with Gasteiger partial charge >= 0.3 is 11.9 Å². The van der Waals surface area contributed by atoms with Gasteiger partial charge in [-0.2, -0.15) is 0 Å². The topological polar surface area (TPSA) is 189 Å². The highest BCUT2D eigenvalue weighted by Crippen LogP contribution is 2.01. The molecular formula is C13H29N5O4. The number of rotatable bonds is 10. The van der Waals surface area contributed by atoms with Gasteiger partial charge in [-0.1, -0.05) is 26.2 Å². The summed E-state index contributed by atoms with van der Waals surface area (Å²) in [6.45, 7) is 2.56. The second-order valence-electron chi connectivity index (χ2n) is 4.87. The number of carbonyl (C=O) groups is 2. The van der Waals surface area contributed by atoms with Crippen LogP contribution in [0.5, 0.6) is 0 Å². The van der Waals surface area contributed by atoms with E-state index in [0.29, 0.717) is 25.8 Å². The highest BCUT2D eigenvalue weighted by molar-refractivity contribution is 5.74. The fourth-order valence-corrected chi connectivity index (χ4v) is 1.41. The standard InChI is InChI=1S/C7H15NO2.C6H14N4O2/c1-2-3-4-5-6(8)7(9)10;7-4(5(11)12)2-1-3-10-6(8)9/h6H,2-5,8H2,1H3,(H,9,10);4H,1-3,7H2,(H,11,12)(H4,8,9,10)/t;4-/m.1/s1. The third-order valence-electron chi connectivity index (χ3n) is 2.76. The van der Waals surface area contributed by atoms with Crippen molar-refractivity contribution < 1.29 is 19.8 Å². The minimum atomic E-state index is -1.00. The van der Waals surface area contributed by atoms with E-state index in [1.165, 1.54) is 0 Å². The molecule has 22 heavy (non-hydrogen) atoms. The number of hydrogen-bond donors (Lipinski definition) is 7. The first-order valence-electron chi connectivity index (χ1n) is 7.27. The summed E-state index contributed by atoms with van der Waals surface area (Å²) in [4.78, 5) is 20.4. The molecule has 0 aromatic heterocycles. The van der Waals surface area contributed by atoms with Gasteiger partial charge in [0.1, 0.15) is 12.1 Å². The van der Waals surface area contributed by atoms with Gasteiger partial charge in [0.05, 0.1) is 0 Å². The van der Waals surface area contributed by atoms with Gasteiger partial charge in [-0.25, -0.2) is 0 Å². The molecule has 0 radical (unpaired) electrons. The molecule has 2 atom stereocenters. The van der Waals surface area contributed by atoms with Crippen molar-refractivity contribution in [2.45, 2.75) is 57.5 Å². The first-order valence-corrected chi connectivity index (χ1v) is 7.27. The normalized spacial score (nSPS) is 12.5. The molecule has 130 valence electrons. The van der Waals surface area contributed by atoms with E-state index in [9.17, 15) is 9.59 Å². The van der Waals surface area contributed by atoms with Gasteiger partial charge in [0.2, 0.25) is 0 Å². The minimum Gasteiger partial charge on any atom is -0.480 e. The van der Waals surface area contributed by atoms with Crippen molar-refractivity contribution in [1.82, 2.24) is 5.32 Å². The van der Waals surface area contributed by atoms with E-state index >= 15 is 0 Å². The molecule has 0 aromatic carbocycles. The number of carboxylic acid groups (broad SMARTS) is 2. The van der Waals surface area contributed by atoms with Crippen molar-refractivity contribution in [3.05, 3.63) is 0 Å². The molecule has 0 saturated carbocycles. The fraction of sp³-hybridized carbons (Fsp3) is 0.769. The van der Waals surface area contributed by atoms with Crippen LogP contribution in [0.15, 0.2) is 0 Å². The van der Waals surface area contributed by atoms with Crippen LogP contribution in [0.3, 0.4) is 0 Å². The lowest BCUT2D eigenvalue weighted by Gasteiger charge is -2.06. The summed E-state index contributed by atoms with van der Waals surface area (Å²) in [5, 5.41) is 26.1. The average Bonchev–Trinajstić information content (AvgIpc) is 2.43. The molecule has 9 heteroatoms. The maximum atomic E-state index is 10.2. The summed E-state index contributed by atoms with van der Waals surface area (Å²) < 4.78 is 0. The van der Waals surface area contributed by atoms with Crippen molar-refractivity contribution in [2.24, 2.45) is 17.2 Å². The van der Waals surface area contributed by atoms with Gasteiger partial charge in [-0.05, 0) is 19.3 Å². The summed E-state index contributed by atoms with van der Waals surface area (Å²) in [6, 6.07) is -1.48. The van der Waals surface area contributed by atoms with Crippen molar-refractivity contribution >= 4 is 17.9 Å². The molecule has 9 nitrogen and oxygen atoms in total. The van der Waals surface area contributed by atoms with E-state index in [0.717, 1.165) is 19.3 Å². The maximum Gasteiger partial charge on any atom is 0.320 e. The van der Waals surface area contributed by atoms with E-state index in [1.54, 1.807) is 0 Å². The van der Waals surface area contributed by atoms with Crippen LogP contribution in [0.1, 0.15) is 45.4 Å². The lowest BCUT2D eigenvalue weighted by atomic mass is 10.1. The molecule has 10 N–H and O–H groups in total. The van der Waals surface area contributed by atoms with Crippen LogP contribution in [0, 0.1) is 5.41 Å². The first kappa shape index (κ1) is 22.4. The van der Waals surface area contributed by atoms with Gasteiger partial charge in [0.15, 0.2) is 5.96 Å². The number of nitrogens with one attached hydrogen (secondary N) is 2. The van der Waals surface area contributed by atoms with Gasteiger partial charge < -0.3 is 32.7 Å². The van der Waals surface area contributed by atoms with E-state index < -0.39 is 24.0 Å². The number of guanidine groups is 1. The van der Waals surface area contributed by atoms with Crippen LogP contribution in [0.25, 0.3) is 0 Å². The zero-order valence-corrected chi connectivity index (χ0v) is 13.0. The smallest absolute Gasteiger partial charge is 0.320 e. The predicted molar refractivity (Wildman–Crippen MR) is 84.5 cm³/mol. The van der Waals surface area contributed by atoms with Crippen LogP contribution in [-0.2, 0) is 9.59 Å². The van der Waals surface area contributed by atoms with Gasteiger partial charge in [-0.15, -0.1) is 0 Å². The summed E-state index contributed by atoms with van der Waals surface area (Å²) in [5.41, 5.74) is 15.5. The van der Waals surface area contributed by atoms with Crippen LogP contribution < -0.4 is 22.5 Å². The monoisotopic (exact) mass is 319 g/mol. The van der Waals surface area contributed by atoms with Crippen molar-refractivity contribution in [3.8, 4) is 0 Å². The number of aliphatic carboxylic acids is 2. The number of unbranched alkanes of at least 4 members (excludes halogenated alkanes) is 2. The van der Waals surface area contributed by atoms with E-state index in [4.69, 9.17) is 32.8 Å². The van der Waals surface area contributed by atoms with Crippen molar-refractivity contribution in [1.29, 1.82) is 5.41 Å². The SMILES string of the molecule is CCCCCC(N)C(=O)O.N=C(N)NCCC[C@@H](N)C(=O)O. The Hall–Kier alpha value is -1.87. The second-order valence-corrected chi connectivity index (χ2v) is 4.87. The molecule has 0 aliphatic rings. The Bertz CT molecular complexity index is 338. The van der Waals surface area contributed by atoms with E-state index in [2.05, 4.69) is 12.2 Å². The summed E-state index contributed by atoms with van der Waals surface area (Å²) in [6.07, 6.45) is 4.67. The Balaban J connectivity index is 0. The van der Waals surface area contributed by atoms with Gasteiger partial charge in [0, 0.05) is 6.54 Å². The zero-order valence-electron chi connectivity index (χ0n) is 13.0. The Morgan fingerprint density at radius 3 is 1.86 bits per heavy atom. The minimum absolute atomic E-state index is 0.112. The lowest BCUT2D eigenvalue weighted by molar-refractivity contribution is -0.139. The fourth-order valence-electron chi connectivity index (χ4n) is 1.41. The molecule has 0 aromatic rings. The highest BCUT2D eigenvalue weighted by Gasteiger charge is 2.10. The molecule has 0 spiro atoms. The maximum absolute atomic E-state index is 10.2. The zero-order chi connectivity index (χ0) is 17.5. The van der Waals surface area contributed by atoms with Crippen LogP contribution >= 0.6 is 0 Å². The molecule has 0 aliphatic heterocycles. The van der Waals surface area contributed by atoms with E-state index in [-0.39, 0.29) is 5.96 Å². The lowest BCUT2D eigenvalue weighted by Crippen LogP contribution is -2.34. The van der Waals surface area contributed by atoms with Crippen LogP contribution in [0.2, 0.25) is 0 Å². The number of nitrogens with two attached hydrogens (primary N) is 3. The Morgan fingerprint density at radius 1 is 1.05 bits per heavy atom. The summed E-state index contributed by atoms with van der Waals surface area (Å²) in [7, 11) is 0. The molecule has 0 rings (SSSR count). The molecule has 0 amide bonds. The predicted octanol–water partition coefficient (Wildman–Crippen LogP) is -0.360. The largest absolute Gasteiger partial charge is 0.480 e. The molecule has 0 aliphatic carbocycles. The average molecular weight is 319 g/mol. The Morgan fingerprint density at radius 2 is 1.50 bits per heavy atom. The molecule has 0 bridgehead atoms. The Labute approximate surface area is 130 Å². The number of hydrogen-bond acceptors (Lipinski definition) is 5. The van der Waals surface area contributed by atoms with E-state index in [1.807, 2.05) is 0 Å². The molecule has 1 unspecified atom stereocenters. The van der Waals surface area contributed by atoms with Crippen molar-refractivity contribution in [3.63, 3.8) is 0 Å². The Kier molecular flexibility index (Phi) is 14.3. The summed E-state index contributed by atoms with van der Waals surface area (Å²) in [5.74, 6) is -2.01. The highest BCUT2D eigenvalue weighted by atomic mass is 16.4. The van der Waals surface area contributed by atoms with Crippen molar-refractivity contribution in [2.75, 3.05) is 6.54 Å². The number of carboxylic acids is 2. The van der Waals surface area contributed by atoms with Gasteiger partial charge in [0.25, 0.3) is 0 Å². The summed E-state index contributed by atoms with van der Waals surface area (Å²) >= 11 is 0. The van der Waals surface area contributed by atoms with Crippen LogP contribution in [-0.4, -0.2) is 46.7 Å². The third kappa shape index (κ3) is 16.2. The molecule has 0 heterocycles. The molecular weight excluding hydrogens is 290 g/mol. The third-order valence-corrected chi connectivity index (χ3v) is 2.76.